The number of rotatable bonds is 2. The Morgan fingerprint density at radius 3 is 2.67 bits per heavy atom. The van der Waals surface area contributed by atoms with E-state index in [0.29, 0.717) is 15.6 Å². The van der Waals surface area contributed by atoms with Gasteiger partial charge < -0.3 is 4.98 Å². The Balaban J connectivity index is 2.59. The Bertz CT molecular complexity index is 686. The fourth-order valence-corrected chi connectivity index (χ4v) is 1.98. The summed E-state index contributed by atoms with van der Waals surface area (Å²) in [5.74, 6) is 0. The van der Waals surface area contributed by atoms with Crippen LogP contribution in [0.25, 0.3) is 11.1 Å². The van der Waals surface area contributed by atoms with Crippen molar-refractivity contribution in [2.45, 2.75) is 6.42 Å². The summed E-state index contributed by atoms with van der Waals surface area (Å²) in [4.78, 5) is 13.8. The van der Waals surface area contributed by atoms with E-state index in [1.54, 1.807) is 24.4 Å². The molecule has 0 saturated heterocycles. The molecule has 1 heterocycles. The van der Waals surface area contributed by atoms with Crippen LogP contribution in [-0.2, 0) is 6.42 Å². The molecule has 1 aromatic heterocycles. The van der Waals surface area contributed by atoms with Gasteiger partial charge in [-0.1, -0.05) is 29.3 Å². The predicted molar refractivity (Wildman–Crippen MR) is 71.8 cm³/mol. The minimum Gasteiger partial charge on any atom is -0.328 e. The molecule has 18 heavy (non-hydrogen) atoms. The summed E-state index contributed by atoms with van der Waals surface area (Å²) in [6, 6.07) is 8.64. The molecule has 3 nitrogen and oxygen atoms in total. The lowest BCUT2D eigenvalue weighted by Gasteiger charge is -2.07. The van der Waals surface area contributed by atoms with Gasteiger partial charge in [-0.15, -0.1) is 0 Å². The number of pyridine rings is 1. The maximum Gasteiger partial charge on any atom is 0.248 e. The normalized spacial score (nSPS) is 10.1. The summed E-state index contributed by atoms with van der Waals surface area (Å²) in [6.45, 7) is 0. The molecule has 0 amide bonds. The van der Waals surface area contributed by atoms with E-state index < -0.39 is 0 Å². The summed E-state index contributed by atoms with van der Waals surface area (Å²) in [7, 11) is 0. The number of nitriles is 1. The first-order valence-corrected chi connectivity index (χ1v) is 5.91. The molecule has 0 atom stereocenters. The number of nitrogens with one attached hydrogen (secondary N) is 1. The summed E-state index contributed by atoms with van der Waals surface area (Å²) in [5.41, 5.74) is 2.02. The van der Waals surface area contributed by atoms with Crippen LogP contribution in [0, 0.1) is 11.3 Å². The molecule has 1 aromatic carbocycles. The maximum atomic E-state index is 11.3. The third-order valence-corrected chi connectivity index (χ3v) is 3.25. The van der Waals surface area contributed by atoms with Gasteiger partial charge in [0, 0.05) is 17.8 Å². The smallest absolute Gasteiger partial charge is 0.248 e. The minimum absolute atomic E-state index is 0.166. The summed E-state index contributed by atoms with van der Waals surface area (Å²) >= 11 is 11.8. The number of hydrogen-bond acceptors (Lipinski definition) is 2. The van der Waals surface area contributed by atoms with Crippen LogP contribution in [-0.4, -0.2) is 4.98 Å². The molecule has 1 N–H and O–H groups in total. The number of nitrogens with zero attached hydrogens (tertiary/aromatic N) is 1. The number of benzene rings is 1. The van der Waals surface area contributed by atoms with Gasteiger partial charge in [0.2, 0.25) is 5.56 Å². The van der Waals surface area contributed by atoms with Crippen molar-refractivity contribution in [3.63, 3.8) is 0 Å². The van der Waals surface area contributed by atoms with Crippen LogP contribution in [0.2, 0.25) is 10.0 Å². The molecule has 0 unspecified atom stereocenters. The van der Waals surface area contributed by atoms with Crippen molar-refractivity contribution in [3.8, 4) is 17.2 Å². The zero-order chi connectivity index (χ0) is 13.1. The third-order valence-electron chi connectivity index (χ3n) is 2.51. The van der Waals surface area contributed by atoms with Crippen LogP contribution in [0.15, 0.2) is 35.3 Å². The predicted octanol–water partition coefficient (Wildman–Crippen LogP) is 3.41. The van der Waals surface area contributed by atoms with Crippen molar-refractivity contribution < 1.29 is 0 Å². The number of hydrogen-bond donors (Lipinski definition) is 1. The first kappa shape index (κ1) is 12.7. The Morgan fingerprint density at radius 2 is 2.00 bits per heavy atom. The number of halogens is 2. The van der Waals surface area contributed by atoms with Gasteiger partial charge in [0.05, 0.1) is 22.5 Å². The van der Waals surface area contributed by atoms with Gasteiger partial charge in [-0.25, -0.2) is 0 Å². The average Bonchev–Trinajstić information content (AvgIpc) is 2.34. The van der Waals surface area contributed by atoms with Crippen LogP contribution in [0.1, 0.15) is 5.56 Å². The molecule has 0 saturated carbocycles. The summed E-state index contributed by atoms with van der Waals surface area (Å²) < 4.78 is 0. The molecule has 0 aliphatic carbocycles. The summed E-state index contributed by atoms with van der Waals surface area (Å²) in [6.07, 6.45) is 1.74. The Hall–Kier alpha value is -1.76. The van der Waals surface area contributed by atoms with Crippen molar-refractivity contribution in [2.75, 3.05) is 0 Å². The highest BCUT2D eigenvalue weighted by Gasteiger charge is 2.08. The molecule has 2 rings (SSSR count). The Kier molecular flexibility index (Phi) is 3.71. The molecule has 0 bridgehead atoms. The highest BCUT2D eigenvalue weighted by molar-refractivity contribution is 6.42. The lowest BCUT2D eigenvalue weighted by Crippen LogP contribution is -2.06. The molecule has 0 radical (unpaired) electrons. The third kappa shape index (κ3) is 2.56. The molecule has 90 valence electrons. The fraction of sp³-hybridized carbons (Fsp3) is 0.0769. The quantitative estimate of drug-likeness (QED) is 0.915. The maximum absolute atomic E-state index is 11.3. The molecule has 0 fully saturated rings. The topological polar surface area (TPSA) is 56.6 Å². The molecular weight excluding hydrogens is 271 g/mol. The van der Waals surface area contributed by atoms with Crippen molar-refractivity contribution >= 4 is 23.2 Å². The highest BCUT2D eigenvalue weighted by atomic mass is 35.5. The van der Waals surface area contributed by atoms with E-state index in [-0.39, 0.29) is 12.0 Å². The van der Waals surface area contributed by atoms with Gasteiger partial charge in [-0.05, 0) is 23.3 Å². The van der Waals surface area contributed by atoms with Crippen LogP contribution in [0.3, 0.4) is 0 Å². The highest BCUT2D eigenvalue weighted by Crippen LogP contribution is 2.29. The van der Waals surface area contributed by atoms with E-state index in [9.17, 15) is 4.79 Å². The van der Waals surface area contributed by atoms with Crippen molar-refractivity contribution in [1.82, 2.24) is 4.98 Å². The SMILES string of the molecule is N#CCc1cc(=O)[nH]cc1-c1ccc(Cl)c(Cl)c1. The Morgan fingerprint density at radius 1 is 1.22 bits per heavy atom. The lowest BCUT2D eigenvalue weighted by molar-refractivity contribution is 1.17. The molecule has 0 aliphatic heterocycles. The Labute approximate surface area is 114 Å². The minimum atomic E-state index is -0.232. The van der Waals surface area contributed by atoms with Crippen LogP contribution < -0.4 is 5.56 Å². The van der Waals surface area contributed by atoms with Gasteiger partial charge in [-0.2, -0.15) is 5.26 Å². The largest absolute Gasteiger partial charge is 0.328 e. The second-order valence-corrected chi connectivity index (χ2v) is 4.51. The average molecular weight is 279 g/mol. The van der Waals surface area contributed by atoms with Crippen LogP contribution >= 0.6 is 23.2 Å². The zero-order valence-corrected chi connectivity index (χ0v) is 10.7. The van der Waals surface area contributed by atoms with E-state index in [2.05, 4.69) is 4.98 Å². The van der Waals surface area contributed by atoms with Gasteiger partial charge in [0.1, 0.15) is 0 Å². The van der Waals surface area contributed by atoms with E-state index in [1.807, 2.05) is 6.07 Å². The van der Waals surface area contributed by atoms with E-state index >= 15 is 0 Å². The molecular formula is C13H8Cl2N2O. The van der Waals surface area contributed by atoms with Crippen molar-refractivity contribution in [2.24, 2.45) is 0 Å². The van der Waals surface area contributed by atoms with E-state index in [0.717, 1.165) is 11.1 Å². The van der Waals surface area contributed by atoms with Gasteiger partial charge in [0.25, 0.3) is 0 Å². The standard InChI is InChI=1S/C13H8Cl2N2O/c14-11-2-1-8(5-12(11)15)10-7-17-13(18)6-9(10)3-4-16/h1-2,5-7H,3H2,(H,17,18). The number of aromatic amines is 1. The second kappa shape index (κ2) is 5.26. The lowest BCUT2D eigenvalue weighted by atomic mass is 10.0. The van der Waals surface area contributed by atoms with E-state index in [4.69, 9.17) is 28.5 Å². The molecule has 0 aliphatic rings. The molecule has 2 aromatic rings. The first-order valence-electron chi connectivity index (χ1n) is 5.16. The summed E-state index contributed by atoms with van der Waals surface area (Å²) in [5, 5.41) is 9.67. The number of H-pyrrole nitrogens is 1. The van der Waals surface area contributed by atoms with E-state index in [1.165, 1.54) is 6.07 Å². The van der Waals surface area contributed by atoms with Crippen molar-refractivity contribution in [3.05, 3.63) is 56.4 Å². The van der Waals surface area contributed by atoms with Gasteiger partial charge >= 0.3 is 0 Å². The van der Waals surface area contributed by atoms with Crippen molar-refractivity contribution in [1.29, 1.82) is 5.26 Å². The zero-order valence-electron chi connectivity index (χ0n) is 9.21. The second-order valence-electron chi connectivity index (χ2n) is 3.70. The van der Waals surface area contributed by atoms with Crippen LogP contribution in [0.4, 0.5) is 0 Å². The molecule has 5 heteroatoms. The van der Waals surface area contributed by atoms with Crippen LogP contribution in [0.5, 0.6) is 0 Å². The monoisotopic (exact) mass is 278 g/mol. The number of aromatic nitrogens is 1. The fourth-order valence-electron chi connectivity index (χ4n) is 1.68. The van der Waals surface area contributed by atoms with Gasteiger partial charge in [-0.3, -0.25) is 4.79 Å². The first-order chi connectivity index (χ1) is 8.61. The molecule has 0 spiro atoms. The van der Waals surface area contributed by atoms with Gasteiger partial charge in [0.15, 0.2) is 0 Å².